The van der Waals surface area contributed by atoms with Crippen LogP contribution in [0.15, 0.2) is 0 Å². The SMILES string of the molecule is O=S(=O)(O)NC1CCCC1(F)F. The van der Waals surface area contributed by atoms with E-state index in [0.717, 1.165) is 0 Å². The number of halogens is 2. The van der Waals surface area contributed by atoms with E-state index in [1.807, 2.05) is 0 Å². The third-order valence-electron chi connectivity index (χ3n) is 1.80. The molecule has 0 aliphatic heterocycles. The second-order valence-corrected chi connectivity index (χ2v) is 3.98. The van der Waals surface area contributed by atoms with Crippen LogP contribution < -0.4 is 4.72 Å². The van der Waals surface area contributed by atoms with Gasteiger partial charge in [0.15, 0.2) is 0 Å². The Bertz CT molecular complexity index is 264. The first-order valence-corrected chi connectivity index (χ1v) is 4.88. The maximum Gasteiger partial charge on any atom is 0.333 e. The van der Waals surface area contributed by atoms with Crippen LogP contribution in [-0.4, -0.2) is 24.9 Å². The van der Waals surface area contributed by atoms with Crippen molar-refractivity contribution in [3.63, 3.8) is 0 Å². The van der Waals surface area contributed by atoms with Gasteiger partial charge in [-0.25, -0.2) is 8.78 Å². The van der Waals surface area contributed by atoms with Crippen molar-refractivity contribution in [2.24, 2.45) is 0 Å². The predicted octanol–water partition coefficient (Wildman–Crippen LogP) is 0.567. The van der Waals surface area contributed by atoms with E-state index in [9.17, 15) is 17.2 Å². The van der Waals surface area contributed by atoms with Gasteiger partial charge >= 0.3 is 10.3 Å². The van der Waals surface area contributed by atoms with Crippen molar-refractivity contribution < 1.29 is 21.8 Å². The molecule has 2 N–H and O–H groups in total. The van der Waals surface area contributed by atoms with Crippen LogP contribution in [0.5, 0.6) is 0 Å². The predicted molar refractivity (Wildman–Crippen MR) is 37.3 cm³/mol. The van der Waals surface area contributed by atoms with Gasteiger partial charge in [-0.2, -0.15) is 13.1 Å². The largest absolute Gasteiger partial charge is 0.333 e. The highest BCUT2D eigenvalue weighted by molar-refractivity contribution is 7.83. The van der Waals surface area contributed by atoms with E-state index in [1.165, 1.54) is 4.72 Å². The molecule has 0 heterocycles. The quantitative estimate of drug-likeness (QED) is 0.642. The average molecular weight is 201 g/mol. The summed E-state index contributed by atoms with van der Waals surface area (Å²) in [5.41, 5.74) is 0. The molecule has 1 aliphatic rings. The average Bonchev–Trinajstić information content (AvgIpc) is 2.07. The minimum atomic E-state index is -4.51. The van der Waals surface area contributed by atoms with E-state index >= 15 is 0 Å². The molecular formula is C5H9F2NO3S. The second kappa shape index (κ2) is 2.90. The molecule has 4 nitrogen and oxygen atoms in total. The summed E-state index contributed by atoms with van der Waals surface area (Å²) in [4.78, 5) is 0. The first-order valence-electron chi connectivity index (χ1n) is 3.44. The third kappa shape index (κ3) is 2.36. The summed E-state index contributed by atoms with van der Waals surface area (Å²) in [7, 11) is -4.51. The molecule has 0 amide bonds. The molecule has 7 heteroatoms. The zero-order chi connectivity index (χ0) is 9.41. The smallest absolute Gasteiger partial charge is 0.273 e. The molecule has 0 aromatic heterocycles. The Kier molecular flexibility index (Phi) is 2.37. The van der Waals surface area contributed by atoms with E-state index < -0.39 is 22.3 Å². The van der Waals surface area contributed by atoms with Crippen LogP contribution in [0.4, 0.5) is 8.78 Å². The van der Waals surface area contributed by atoms with Crippen LogP contribution in [-0.2, 0) is 10.3 Å². The number of alkyl halides is 2. The van der Waals surface area contributed by atoms with Gasteiger partial charge in [-0.05, 0) is 12.8 Å². The zero-order valence-corrected chi connectivity index (χ0v) is 6.94. The summed E-state index contributed by atoms with van der Waals surface area (Å²) in [6.07, 6.45) is -0.00678. The summed E-state index contributed by atoms with van der Waals surface area (Å²) in [5, 5.41) is 0. The van der Waals surface area contributed by atoms with Gasteiger partial charge in [0.05, 0.1) is 6.04 Å². The molecule has 1 atom stereocenters. The van der Waals surface area contributed by atoms with E-state index in [1.54, 1.807) is 0 Å². The summed E-state index contributed by atoms with van der Waals surface area (Å²) in [5.74, 6) is -3.03. The van der Waals surface area contributed by atoms with Crippen LogP contribution in [0.25, 0.3) is 0 Å². The highest BCUT2D eigenvalue weighted by Gasteiger charge is 2.45. The minimum absolute atomic E-state index is 0.0623. The molecular weight excluding hydrogens is 192 g/mol. The maximum absolute atomic E-state index is 12.7. The van der Waals surface area contributed by atoms with Gasteiger partial charge in [-0.3, -0.25) is 4.55 Å². The van der Waals surface area contributed by atoms with Crippen molar-refractivity contribution in [3.05, 3.63) is 0 Å². The topological polar surface area (TPSA) is 66.4 Å². The molecule has 1 unspecified atom stereocenters. The van der Waals surface area contributed by atoms with Crippen molar-refractivity contribution in [2.75, 3.05) is 0 Å². The lowest BCUT2D eigenvalue weighted by Crippen LogP contribution is -2.43. The number of hydrogen-bond acceptors (Lipinski definition) is 2. The molecule has 72 valence electrons. The third-order valence-corrected chi connectivity index (χ3v) is 2.39. The van der Waals surface area contributed by atoms with E-state index in [-0.39, 0.29) is 19.3 Å². The van der Waals surface area contributed by atoms with Crippen LogP contribution in [0.2, 0.25) is 0 Å². The first-order chi connectivity index (χ1) is 5.31. The fourth-order valence-electron chi connectivity index (χ4n) is 1.25. The molecule has 1 saturated carbocycles. The Labute approximate surface area is 68.8 Å². The van der Waals surface area contributed by atoms with Crippen LogP contribution in [0.3, 0.4) is 0 Å². The number of rotatable bonds is 2. The summed E-state index contributed by atoms with van der Waals surface area (Å²) in [6, 6.07) is -1.45. The lowest BCUT2D eigenvalue weighted by molar-refractivity contribution is -0.0119. The fourth-order valence-corrected chi connectivity index (χ4v) is 1.90. The van der Waals surface area contributed by atoms with Gasteiger partial charge in [-0.1, -0.05) is 0 Å². The Morgan fingerprint density at radius 1 is 1.50 bits per heavy atom. The van der Waals surface area contributed by atoms with Crippen molar-refractivity contribution >= 4 is 10.3 Å². The van der Waals surface area contributed by atoms with Crippen molar-refractivity contribution in [2.45, 2.75) is 31.2 Å². The highest BCUT2D eigenvalue weighted by Crippen LogP contribution is 2.35. The highest BCUT2D eigenvalue weighted by atomic mass is 32.2. The molecule has 0 aromatic rings. The lowest BCUT2D eigenvalue weighted by Gasteiger charge is -2.17. The molecule has 0 aromatic carbocycles. The van der Waals surface area contributed by atoms with Gasteiger partial charge in [0.25, 0.3) is 5.92 Å². The molecule has 0 bridgehead atoms. The fraction of sp³-hybridized carbons (Fsp3) is 1.00. The van der Waals surface area contributed by atoms with E-state index in [2.05, 4.69) is 0 Å². The van der Waals surface area contributed by atoms with Gasteiger partial charge in [0.2, 0.25) is 0 Å². The zero-order valence-electron chi connectivity index (χ0n) is 6.13. The van der Waals surface area contributed by atoms with Gasteiger partial charge in [-0.15, -0.1) is 0 Å². The molecule has 0 radical (unpaired) electrons. The lowest BCUT2D eigenvalue weighted by atomic mass is 10.2. The summed E-state index contributed by atoms with van der Waals surface area (Å²) >= 11 is 0. The van der Waals surface area contributed by atoms with Gasteiger partial charge in [0.1, 0.15) is 0 Å². The Morgan fingerprint density at radius 3 is 2.42 bits per heavy atom. The molecule has 1 aliphatic carbocycles. The number of hydrogen-bond donors (Lipinski definition) is 2. The maximum atomic E-state index is 12.7. The number of nitrogens with one attached hydrogen (secondary N) is 1. The monoisotopic (exact) mass is 201 g/mol. The molecule has 0 saturated heterocycles. The minimum Gasteiger partial charge on any atom is -0.273 e. The van der Waals surface area contributed by atoms with Crippen LogP contribution >= 0.6 is 0 Å². The Hall–Kier alpha value is -0.270. The van der Waals surface area contributed by atoms with Crippen LogP contribution in [0, 0.1) is 0 Å². The second-order valence-electron chi connectivity index (χ2n) is 2.80. The summed E-state index contributed by atoms with van der Waals surface area (Å²) in [6.45, 7) is 0. The van der Waals surface area contributed by atoms with Crippen molar-refractivity contribution in [1.82, 2.24) is 4.72 Å². The van der Waals surface area contributed by atoms with Crippen molar-refractivity contribution in [1.29, 1.82) is 0 Å². The van der Waals surface area contributed by atoms with Crippen LogP contribution in [0.1, 0.15) is 19.3 Å². The molecule has 12 heavy (non-hydrogen) atoms. The molecule has 1 rings (SSSR count). The Morgan fingerprint density at radius 2 is 2.08 bits per heavy atom. The first kappa shape index (κ1) is 9.82. The van der Waals surface area contributed by atoms with E-state index in [4.69, 9.17) is 4.55 Å². The summed E-state index contributed by atoms with van der Waals surface area (Å²) < 4.78 is 55.5. The molecule has 0 spiro atoms. The van der Waals surface area contributed by atoms with E-state index in [0.29, 0.717) is 0 Å². The Balaban J connectivity index is 2.65. The van der Waals surface area contributed by atoms with Gasteiger partial charge < -0.3 is 0 Å². The van der Waals surface area contributed by atoms with Gasteiger partial charge in [0, 0.05) is 6.42 Å². The standard InChI is InChI=1S/C5H9F2NO3S/c6-5(7)3-1-2-4(5)8-12(9,10)11/h4,8H,1-3H2,(H,9,10,11). The van der Waals surface area contributed by atoms with Crippen molar-refractivity contribution in [3.8, 4) is 0 Å². The molecule has 1 fully saturated rings. The normalized spacial score (nSPS) is 29.1.